The molecule has 0 saturated carbocycles. The lowest BCUT2D eigenvalue weighted by molar-refractivity contribution is 0.0784. The second-order valence-electron chi connectivity index (χ2n) is 4.95. The van der Waals surface area contributed by atoms with E-state index < -0.39 is 0 Å². The van der Waals surface area contributed by atoms with Crippen LogP contribution < -0.4 is 9.47 Å². The molecule has 0 unspecified atom stereocenters. The molecule has 0 fully saturated rings. The molecule has 0 bridgehead atoms. The van der Waals surface area contributed by atoms with Gasteiger partial charge in [0.2, 0.25) is 0 Å². The number of amides is 1. The van der Waals surface area contributed by atoms with Gasteiger partial charge in [-0.1, -0.05) is 41.4 Å². The number of nitrogens with zero attached hydrogens (tertiary/aromatic N) is 1. The van der Waals surface area contributed by atoms with Gasteiger partial charge >= 0.3 is 0 Å². The van der Waals surface area contributed by atoms with Crippen molar-refractivity contribution in [2.45, 2.75) is 6.54 Å². The maximum Gasteiger partial charge on any atom is 0.254 e. The van der Waals surface area contributed by atoms with Crippen molar-refractivity contribution in [1.29, 1.82) is 0 Å². The topological polar surface area (TPSA) is 38.8 Å². The first kappa shape index (κ1) is 17.4. The van der Waals surface area contributed by atoms with Crippen molar-refractivity contribution in [2.24, 2.45) is 0 Å². The van der Waals surface area contributed by atoms with Crippen LogP contribution in [0.5, 0.6) is 11.5 Å². The molecule has 2 aromatic carbocycles. The van der Waals surface area contributed by atoms with Gasteiger partial charge in [-0.3, -0.25) is 4.79 Å². The van der Waals surface area contributed by atoms with E-state index in [1.54, 1.807) is 30.1 Å². The molecular formula is C17H17Cl2NO3. The van der Waals surface area contributed by atoms with E-state index in [1.165, 1.54) is 14.2 Å². The quantitative estimate of drug-likeness (QED) is 0.804. The first-order valence-electron chi connectivity index (χ1n) is 6.88. The minimum Gasteiger partial charge on any atom is -0.493 e. The number of hydrogen-bond acceptors (Lipinski definition) is 3. The summed E-state index contributed by atoms with van der Waals surface area (Å²) in [5, 5.41) is 0.943. The predicted octanol–water partition coefficient (Wildman–Crippen LogP) is 4.28. The number of ether oxygens (including phenoxy) is 2. The van der Waals surface area contributed by atoms with Crippen LogP contribution in [0, 0.1) is 0 Å². The van der Waals surface area contributed by atoms with Crippen molar-refractivity contribution in [3.8, 4) is 11.5 Å². The molecule has 122 valence electrons. The minimum atomic E-state index is -0.187. The molecule has 0 N–H and O–H groups in total. The van der Waals surface area contributed by atoms with Gasteiger partial charge in [0.15, 0.2) is 11.5 Å². The molecule has 0 aliphatic heterocycles. The monoisotopic (exact) mass is 353 g/mol. The molecule has 0 spiro atoms. The van der Waals surface area contributed by atoms with E-state index >= 15 is 0 Å². The first-order chi connectivity index (χ1) is 11.0. The molecule has 6 heteroatoms. The zero-order chi connectivity index (χ0) is 17.0. The number of rotatable bonds is 5. The maximum atomic E-state index is 12.6. The second-order valence-corrected chi connectivity index (χ2v) is 5.76. The van der Waals surface area contributed by atoms with E-state index in [2.05, 4.69) is 0 Å². The summed E-state index contributed by atoms with van der Waals surface area (Å²) in [5.41, 5.74) is 1.29. The molecule has 4 nitrogen and oxygen atoms in total. The van der Waals surface area contributed by atoms with Gasteiger partial charge in [0, 0.05) is 24.2 Å². The van der Waals surface area contributed by atoms with E-state index in [4.69, 9.17) is 32.7 Å². The van der Waals surface area contributed by atoms with E-state index in [0.717, 1.165) is 5.56 Å². The third kappa shape index (κ3) is 3.89. The lowest BCUT2D eigenvalue weighted by Crippen LogP contribution is -2.26. The smallest absolute Gasteiger partial charge is 0.254 e. The summed E-state index contributed by atoms with van der Waals surface area (Å²) in [5.74, 6) is 0.627. The van der Waals surface area contributed by atoms with Crippen LogP contribution in [-0.2, 0) is 6.54 Å². The lowest BCUT2D eigenvalue weighted by Gasteiger charge is -2.19. The average Bonchev–Trinajstić information content (AvgIpc) is 2.55. The lowest BCUT2D eigenvalue weighted by atomic mass is 10.1. The van der Waals surface area contributed by atoms with Gasteiger partial charge in [-0.2, -0.15) is 0 Å². The van der Waals surface area contributed by atoms with Gasteiger partial charge in [-0.15, -0.1) is 0 Å². The normalized spacial score (nSPS) is 10.3. The van der Waals surface area contributed by atoms with Crippen LogP contribution in [0.25, 0.3) is 0 Å². The van der Waals surface area contributed by atoms with E-state index in [9.17, 15) is 4.79 Å². The number of carbonyl (C=O) groups excluding carboxylic acids is 1. The Morgan fingerprint density at radius 1 is 1.09 bits per heavy atom. The van der Waals surface area contributed by atoms with Crippen LogP contribution >= 0.6 is 23.2 Å². The SMILES string of the molecule is COc1cc(C(=O)N(C)Cc2ccccc2Cl)cc(Cl)c1OC. The summed E-state index contributed by atoms with van der Waals surface area (Å²) in [6.45, 7) is 0.393. The molecule has 0 atom stereocenters. The van der Waals surface area contributed by atoms with E-state index in [0.29, 0.717) is 33.7 Å². The van der Waals surface area contributed by atoms with Gasteiger partial charge in [0.25, 0.3) is 5.91 Å². The van der Waals surface area contributed by atoms with Crippen LogP contribution in [0.15, 0.2) is 36.4 Å². The number of methoxy groups -OCH3 is 2. The highest BCUT2D eigenvalue weighted by Gasteiger charge is 2.18. The largest absolute Gasteiger partial charge is 0.493 e. The van der Waals surface area contributed by atoms with Gasteiger partial charge in [-0.25, -0.2) is 0 Å². The van der Waals surface area contributed by atoms with Crippen LogP contribution in [0.3, 0.4) is 0 Å². The minimum absolute atomic E-state index is 0.187. The molecule has 0 saturated heterocycles. The highest BCUT2D eigenvalue weighted by Crippen LogP contribution is 2.36. The van der Waals surface area contributed by atoms with Crippen LogP contribution in [0.2, 0.25) is 10.0 Å². The second kappa shape index (κ2) is 7.57. The van der Waals surface area contributed by atoms with Crippen LogP contribution in [0.4, 0.5) is 0 Å². The Bertz CT molecular complexity index is 719. The third-order valence-electron chi connectivity index (χ3n) is 3.39. The standard InChI is InChI=1S/C17H17Cl2NO3/c1-20(10-11-6-4-5-7-13(11)18)17(21)12-8-14(19)16(23-3)15(9-12)22-2/h4-9H,10H2,1-3H3. The molecule has 2 aromatic rings. The predicted molar refractivity (Wildman–Crippen MR) is 91.8 cm³/mol. The Morgan fingerprint density at radius 2 is 1.78 bits per heavy atom. The molecule has 2 rings (SSSR count). The van der Waals surface area contributed by atoms with Crippen molar-refractivity contribution in [2.75, 3.05) is 21.3 Å². The highest BCUT2D eigenvalue weighted by atomic mass is 35.5. The molecule has 0 heterocycles. The van der Waals surface area contributed by atoms with E-state index in [1.807, 2.05) is 18.2 Å². The summed E-state index contributed by atoms with van der Waals surface area (Å²) < 4.78 is 10.4. The summed E-state index contributed by atoms with van der Waals surface area (Å²) >= 11 is 12.3. The van der Waals surface area contributed by atoms with Crippen LogP contribution in [-0.4, -0.2) is 32.1 Å². The molecule has 0 aromatic heterocycles. The van der Waals surface area contributed by atoms with Crippen molar-refractivity contribution in [3.63, 3.8) is 0 Å². The summed E-state index contributed by atoms with van der Waals surface area (Å²) in [6, 6.07) is 10.6. The summed E-state index contributed by atoms with van der Waals surface area (Å²) in [7, 11) is 4.70. The zero-order valence-corrected chi connectivity index (χ0v) is 14.6. The number of benzene rings is 2. The Labute approximate surface area is 145 Å². The first-order valence-corrected chi connectivity index (χ1v) is 7.64. The summed E-state index contributed by atoms with van der Waals surface area (Å²) in [4.78, 5) is 14.2. The number of hydrogen-bond donors (Lipinski definition) is 0. The van der Waals surface area contributed by atoms with Crippen LogP contribution in [0.1, 0.15) is 15.9 Å². The molecule has 1 amide bonds. The van der Waals surface area contributed by atoms with Crippen molar-refractivity contribution >= 4 is 29.1 Å². The maximum absolute atomic E-state index is 12.6. The Kier molecular flexibility index (Phi) is 5.74. The van der Waals surface area contributed by atoms with Gasteiger partial charge in [0.1, 0.15) is 0 Å². The zero-order valence-electron chi connectivity index (χ0n) is 13.1. The fourth-order valence-corrected chi connectivity index (χ4v) is 2.70. The van der Waals surface area contributed by atoms with Gasteiger partial charge in [-0.05, 0) is 23.8 Å². The number of halogens is 2. The summed E-state index contributed by atoms with van der Waals surface area (Å²) in [6.07, 6.45) is 0. The number of carbonyl (C=O) groups is 1. The average molecular weight is 354 g/mol. The fraction of sp³-hybridized carbons (Fsp3) is 0.235. The van der Waals surface area contributed by atoms with Crippen molar-refractivity contribution in [3.05, 3.63) is 57.6 Å². The Balaban J connectivity index is 2.26. The molecule has 23 heavy (non-hydrogen) atoms. The van der Waals surface area contributed by atoms with E-state index in [-0.39, 0.29) is 5.91 Å². The van der Waals surface area contributed by atoms with Gasteiger partial charge < -0.3 is 14.4 Å². The molecule has 0 aliphatic rings. The molecular weight excluding hydrogens is 337 g/mol. The fourth-order valence-electron chi connectivity index (χ4n) is 2.22. The van der Waals surface area contributed by atoms with Crippen molar-refractivity contribution < 1.29 is 14.3 Å². The molecule has 0 radical (unpaired) electrons. The van der Waals surface area contributed by atoms with Gasteiger partial charge in [0.05, 0.1) is 19.2 Å². The Hall–Kier alpha value is -1.91. The van der Waals surface area contributed by atoms with Crippen molar-refractivity contribution in [1.82, 2.24) is 4.90 Å². The Morgan fingerprint density at radius 3 is 2.39 bits per heavy atom. The molecule has 0 aliphatic carbocycles. The highest BCUT2D eigenvalue weighted by molar-refractivity contribution is 6.32. The third-order valence-corrected chi connectivity index (χ3v) is 4.04.